The second-order valence-electron chi connectivity index (χ2n) is 10.5. The molecule has 7 nitrogen and oxygen atoms in total. The number of rotatable bonds is 4. The van der Waals surface area contributed by atoms with E-state index in [-0.39, 0.29) is 16.9 Å². The number of non-ortho nitro benzene ring substituents is 1. The number of Topliss-reactive ketones (excluding diaryl/α,β-unsaturated/α-hetero) is 1. The predicted octanol–water partition coefficient (Wildman–Crippen LogP) is 7.33. The number of allylic oxidation sites excluding steroid dienone is 1. The van der Waals surface area contributed by atoms with Gasteiger partial charge in [0.25, 0.3) is 5.69 Å². The van der Waals surface area contributed by atoms with Crippen molar-refractivity contribution in [1.29, 1.82) is 0 Å². The van der Waals surface area contributed by atoms with E-state index in [2.05, 4.69) is 43.4 Å². The lowest BCUT2D eigenvalue weighted by atomic mass is 9.68. The summed E-state index contributed by atoms with van der Waals surface area (Å²) < 4.78 is 11.7. The Morgan fingerprint density at radius 3 is 2.65 bits per heavy atom. The van der Waals surface area contributed by atoms with Gasteiger partial charge in [-0.3, -0.25) is 14.9 Å². The van der Waals surface area contributed by atoms with E-state index in [4.69, 9.17) is 9.15 Å². The number of fused-ring (bicyclic) bond motifs is 4. The summed E-state index contributed by atoms with van der Waals surface area (Å²) in [5, 5.41) is 17.0. The molecule has 1 aliphatic carbocycles. The zero-order valence-electron chi connectivity index (χ0n) is 20.8. The first kappa shape index (κ1) is 23.0. The van der Waals surface area contributed by atoms with Gasteiger partial charge in [-0.15, -0.1) is 0 Å². The summed E-state index contributed by atoms with van der Waals surface area (Å²) in [4.78, 5) is 24.4. The minimum Gasteiger partial charge on any atom is -0.496 e. The zero-order chi connectivity index (χ0) is 25.9. The van der Waals surface area contributed by atoms with Crippen molar-refractivity contribution in [2.45, 2.75) is 32.7 Å². The number of ketones is 1. The molecule has 0 bridgehead atoms. The average molecular weight is 495 g/mol. The number of carbonyl (C=O) groups is 1. The number of hydrogen-bond acceptors (Lipinski definition) is 6. The first-order chi connectivity index (χ1) is 17.8. The van der Waals surface area contributed by atoms with E-state index < -0.39 is 11.0 Å². The largest absolute Gasteiger partial charge is 0.496 e. The second kappa shape index (κ2) is 8.34. The Hall–Kier alpha value is -4.39. The number of carbonyl (C=O) groups excluding carboxylic acids is 1. The molecule has 4 aromatic rings. The SMILES string of the molecule is COc1cc([N+](=O)[O-])ccc1-c1ccc([C@H]2Nc3ccc4ccccc4c3C3=C2C(=O)CC(C)(C)C3)o1. The second-order valence-corrected chi connectivity index (χ2v) is 10.5. The number of nitro benzene ring substituents is 1. The Labute approximate surface area is 213 Å². The molecule has 6 rings (SSSR count). The van der Waals surface area contributed by atoms with Gasteiger partial charge in [0.1, 0.15) is 23.3 Å². The quantitative estimate of drug-likeness (QED) is 0.236. The summed E-state index contributed by atoms with van der Waals surface area (Å²) in [5.74, 6) is 1.58. The summed E-state index contributed by atoms with van der Waals surface area (Å²) in [6, 6.07) is 20.1. The first-order valence-electron chi connectivity index (χ1n) is 12.2. The monoisotopic (exact) mass is 494 g/mol. The molecule has 0 unspecified atom stereocenters. The molecule has 0 radical (unpaired) electrons. The van der Waals surface area contributed by atoms with Crippen molar-refractivity contribution in [3.05, 3.63) is 93.7 Å². The lowest BCUT2D eigenvalue weighted by Crippen LogP contribution is -2.33. The van der Waals surface area contributed by atoms with Crippen molar-refractivity contribution >= 4 is 33.5 Å². The van der Waals surface area contributed by atoms with Crippen LogP contribution in [0.3, 0.4) is 0 Å². The lowest BCUT2D eigenvalue weighted by molar-refractivity contribution is -0.384. The Bertz CT molecular complexity index is 1630. The van der Waals surface area contributed by atoms with Gasteiger partial charge in [0, 0.05) is 29.3 Å². The molecule has 0 spiro atoms. The van der Waals surface area contributed by atoms with Gasteiger partial charge in [-0.05, 0) is 52.4 Å². The lowest BCUT2D eigenvalue weighted by Gasteiger charge is -2.39. The fraction of sp³-hybridized carbons (Fsp3) is 0.233. The Kier molecular flexibility index (Phi) is 5.19. The van der Waals surface area contributed by atoms with Gasteiger partial charge < -0.3 is 14.5 Å². The third kappa shape index (κ3) is 3.78. The van der Waals surface area contributed by atoms with Crippen LogP contribution in [0.1, 0.15) is 44.1 Å². The maximum atomic E-state index is 13.6. The highest BCUT2D eigenvalue weighted by Crippen LogP contribution is 2.52. The normalized spacial score (nSPS) is 18.2. The number of nitrogens with zero attached hydrogens (tertiary/aromatic N) is 1. The molecule has 37 heavy (non-hydrogen) atoms. The highest BCUT2D eigenvalue weighted by Gasteiger charge is 2.41. The topological polar surface area (TPSA) is 94.6 Å². The van der Waals surface area contributed by atoms with Crippen LogP contribution in [0.15, 0.2) is 76.7 Å². The van der Waals surface area contributed by atoms with Crippen LogP contribution in [-0.4, -0.2) is 17.8 Å². The molecule has 2 aliphatic rings. The van der Waals surface area contributed by atoms with Crippen molar-refractivity contribution in [3.63, 3.8) is 0 Å². The third-order valence-corrected chi connectivity index (χ3v) is 7.31. The molecular formula is C30H26N2O5. The van der Waals surface area contributed by atoms with Gasteiger partial charge in [0.05, 0.1) is 23.7 Å². The maximum absolute atomic E-state index is 13.6. The number of nitro groups is 1. The molecule has 0 fully saturated rings. The van der Waals surface area contributed by atoms with Crippen LogP contribution in [0.2, 0.25) is 0 Å². The van der Waals surface area contributed by atoms with Crippen molar-refractivity contribution in [1.82, 2.24) is 0 Å². The summed E-state index contributed by atoms with van der Waals surface area (Å²) in [7, 11) is 1.47. The standard InChI is InChI=1S/C30H26N2O5/c1-30(2)15-21-27-19-7-5-4-6-17(19)8-11-22(27)31-29(28(21)23(33)16-30)25-13-12-24(37-25)20-10-9-18(32(34)35)14-26(20)36-3/h4-14,29,31H,15-16H2,1-3H3/t29-/m1/s1. The number of furan rings is 1. The molecule has 186 valence electrons. The van der Waals surface area contributed by atoms with E-state index in [1.807, 2.05) is 24.3 Å². The zero-order valence-corrected chi connectivity index (χ0v) is 20.8. The van der Waals surface area contributed by atoms with Gasteiger partial charge in [-0.2, -0.15) is 0 Å². The van der Waals surface area contributed by atoms with Crippen LogP contribution in [0.5, 0.6) is 5.75 Å². The summed E-state index contributed by atoms with van der Waals surface area (Å²) in [6.45, 7) is 4.28. The van der Waals surface area contributed by atoms with Crippen LogP contribution < -0.4 is 10.1 Å². The fourth-order valence-electron chi connectivity index (χ4n) is 5.70. The fourth-order valence-corrected chi connectivity index (χ4v) is 5.70. The molecular weight excluding hydrogens is 468 g/mol. The summed E-state index contributed by atoms with van der Waals surface area (Å²) in [5.41, 5.74) is 4.28. The number of hydrogen-bond donors (Lipinski definition) is 1. The minimum atomic E-state index is -0.461. The molecule has 1 aliphatic heterocycles. The third-order valence-electron chi connectivity index (χ3n) is 7.31. The van der Waals surface area contributed by atoms with Gasteiger partial charge >= 0.3 is 0 Å². The Morgan fingerprint density at radius 2 is 1.86 bits per heavy atom. The molecule has 1 atom stereocenters. The van der Waals surface area contributed by atoms with Crippen LogP contribution in [0.4, 0.5) is 11.4 Å². The summed E-state index contributed by atoms with van der Waals surface area (Å²) in [6.07, 6.45) is 1.25. The van der Waals surface area contributed by atoms with Crippen LogP contribution in [0, 0.1) is 15.5 Å². The average Bonchev–Trinajstić information content (AvgIpc) is 3.36. The highest BCUT2D eigenvalue weighted by atomic mass is 16.6. The molecule has 2 heterocycles. The van der Waals surface area contributed by atoms with Crippen molar-refractivity contribution in [2.75, 3.05) is 12.4 Å². The first-order valence-corrected chi connectivity index (χ1v) is 12.2. The number of benzene rings is 3. The van der Waals surface area contributed by atoms with Crippen molar-refractivity contribution in [2.24, 2.45) is 5.41 Å². The van der Waals surface area contributed by atoms with E-state index in [1.54, 1.807) is 6.07 Å². The van der Waals surface area contributed by atoms with E-state index in [0.29, 0.717) is 29.3 Å². The maximum Gasteiger partial charge on any atom is 0.273 e. The number of ether oxygens (including phenoxy) is 1. The molecule has 0 saturated carbocycles. The number of anilines is 1. The summed E-state index contributed by atoms with van der Waals surface area (Å²) >= 11 is 0. The van der Waals surface area contributed by atoms with Crippen LogP contribution >= 0.6 is 0 Å². The number of nitrogens with one attached hydrogen (secondary N) is 1. The minimum absolute atomic E-state index is 0.0598. The van der Waals surface area contributed by atoms with Gasteiger partial charge in [-0.1, -0.05) is 44.2 Å². The van der Waals surface area contributed by atoms with Crippen molar-refractivity contribution < 1.29 is 18.9 Å². The van der Waals surface area contributed by atoms with Gasteiger partial charge in [0.15, 0.2) is 5.78 Å². The molecule has 0 amide bonds. The molecule has 7 heteroatoms. The van der Waals surface area contributed by atoms with Crippen molar-refractivity contribution in [3.8, 4) is 17.1 Å². The van der Waals surface area contributed by atoms with E-state index in [9.17, 15) is 14.9 Å². The van der Waals surface area contributed by atoms with Gasteiger partial charge in [0.2, 0.25) is 0 Å². The van der Waals surface area contributed by atoms with E-state index in [0.717, 1.165) is 39.6 Å². The smallest absolute Gasteiger partial charge is 0.273 e. The molecule has 1 N–H and O–H groups in total. The van der Waals surface area contributed by atoms with Gasteiger partial charge in [-0.25, -0.2) is 0 Å². The molecule has 3 aromatic carbocycles. The molecule has 1 aromatic heterocycles. The van der Waals surface area contributed by atoms with Crippen LogP contribution in [-0.2, 0) is 4.79 Å². The predicted molar refractivity (Wildman–Crippen MR) is 143 cm³/mol. The highest BCUT2D eigenvalue weighted by molar-refractivity contribution is 6.12. The Balaban J connectivity index is 1.49. The van der Waals surface area contributed by atoms with E-state index in [1.165, 1.54) is 19.2 Å². The van der Waals surface area contributed by atoms with Crippen LogP contribution in [0.25, 0.3) is 27.7 Å². The molecule has 0 saturated heterocycles. The number of methoxy groups -OCH3 is 1. The Morgan fingerprint density at radius 1 is 1.05 bits per heavy atom. The van der Waals surface area contributed by atoms with E-state index >= 15 is 0 Å².